The number of rotatable bonds is 4. The summed E-state index contributed by atoms with van der Waals surface area (Å²) in [5.41, 5.74) is 1.20. The van der Waals surface area contributed by atoms with E-state index in [4.69, 9.17) is 0 Å². The van der Waals surface area contributed by atoms with Crippen LogP contribution in [-0.4, -0.2) is 4.98 Å². The minimum atomic E-state index is 0.886. The number of thiazole rings is 1. The predicted octanol–water partition coefficient (Wildman–Crippen LogP) is 3.16. The highest BCUT2D eigenvalue weighted by Crippen LogP contribution is 2.14. The maximum Gasteiger partial charge on any atom is 0.147 e. The Morgan fingerprint density at radius 3 is 2.91 bits per heavy atom. The lowest BCUT2D eigenvalue weighted by atomic mass is 10.2. The summed E-state index contributed by atoms with van der Waals surface area (Å²) in [6, 6.07) is 0. The number of thiol groups is 1. The maximum atomic E-state index is 4.27. The molecule has 0 N–H and O–H groups in total. The summed E-state index contributed by atoms with van der Waals surface area (Å²) < 4.78 is 0.886. The molecule has 3 heteroatoms. The summed E-state index contributed by atoms with van der Waals surface area (Å²) in [5.74, 6) is 0. The van der Waals surface area contributed by atoms with E-state index < -0.39 is 0 Å². The molecule has 0 fully saturated rings. The Morgan fingerprint density at radius 1 is 1.55 bits per heavy atom. The van der Waals surface area contributed by atoms with Crippen LogP contribution in [0.4, 0.5) is 0 Å². The SMILES string of the molecule is CCCCCc1csc(S)n1. The average Bonchev–Trinajstić information content (AvgIpc) is 2.37. The quantitative estimate of drug-likeness (QED) is 0.564. The van der Waals surface area contributed by atoms with E-state index in [0.717, 1.165) is 10.8 Å². The zero-order chi connectivity index (χ0) is 8.10. The first kappa shape index (κ1) is 9.07. The molecule has 0 aromatic carbocycles. The summed E-state index contributed by atoms with van der Waals surface area (Å²) in [6.07, 6.45) is 4.95. The molecule has 11 heavy (non-hydrogen) atoms. The Balaban J connectivity index is 2.27. The molecule has 1 aromatic rings. The minimum absolute atomic E-state index is 0.886. The van der Waals surface area contributed by atoms with Crippen LogP contribution in [0.3, 0.4) is 0 Å². The highest BCUT2D eigenvalue weighted by Gasteiger charge is 1.96. The van der Waals surface area contributed by atoms with Gasteiger partial charge in [0.1, 0.15) is 4.34 Å². The molecule has 62 valence electrons. The summed E-state index contributed by atoms with van der Waals surface area (Å²) in [5, 5.41) is 2.10. The van der Waals surface area contributed by atoms with Crippen molar-refractivity contribution >= 4 is 24.0 Å². The lowest BCUT2D eigenvalue weighted by Gasteiger charge is -1.93. The normalized spacial score (nSPS) is 10.4. The lowest BCUT2D eigenvalue weighted by molar-refractivity contribution is 0.707. The second kappa shape index (κ2) is 4.78. The van der Waals surface area contributed by atoms with Crippen molar-refractivity contribution in [3.05, 3.63) is 11.1 Å². The molecule has 1 rings (SSSR count). The molecule has 0 saturated heterocycles. The third kappa shape index (κ3) is 3.25. The van der Waals surface area contributed by atoms with Gasteiger partial charge in [-0.1, -0.05) is 19.8 Å². The zero-order valence-electron chi connectivity index (χ0n) is 6.71. The van der Waals surface area contributed by atoms with Crippen molar-refractivity contribution in [2.75, 3.05) is 0 Å². The van der Waals surface area contributed by atoms with E-state index in [0.29, 0.717) is 0 Å². The van der Waals surface area contributed by atoms with E-state index in [1.807, 2.05) is 0 Å². The van der Waals surface area contributed by atoms with E-state index >= 15 is 0 Å². The molecular formula is C8H13NS2. The van der Waals surface area contributed by atoms with Gasteiger partial charge in [-0.15, -0.1) is 24.0 Å². The number of aryl methyl sites for hydroxylation is 1. The van der Waals surface area contributed by atoms with Crippen LogP contribution in [0.5, 0.6) is 0 Å². The summed E-state index contributed by atoms with van der Waals surface area (Å²) in [6.45, 7) is 2.21. The van der Waals surface area contributed by atoms with Crippen LogP contribution < -0.4 is 0 Å². The van der Waals surface area contributed by atoms with Crippen molar-refractivity contribution in [3.8, 4) is 0 Å². The second-order valence-corrected chi connectivity index (χ2v) is 4.16. The molecule has 1 nitrogen and oxygen atoms in total. The summed E-state index contributed by atoms with van der Waals surface area (Å²) >= 11 is 5.77. The molecule has 0 aliphatic heterocycles. The van der Waals surface area contributed by atoms with Gasteiger partial charge >= 0.3 is 0 Å². The molecule has 0 radical (unpaired) electrons. The van der Waals surface area contributed by atoms with Gasteiger partial charge in [0.05, 0.1) is 5.69 Å². The van der Waals surface area contributed by atoms with Crippen molar-refractivity contribution in [1.82, 2.24) is 4.98 Å². The number of hydrogen-bond donors (Lipinski definition) is 1. The molecule has 1 aromatic heterocycles. The van der Waals surface area contributed by atoms with E-state index in [9.17, 15) is 0 Å². The predicted molar refractivity (Wildman–Crippen MR) is 52.6 cm³/mol. The van der Waals surface area contributed by atoms with Crippen LogP contribution >= 0.6 is 24.0 Å². The van der Waals surface area contributed by atoms with Crippen molar-refractivity contribution in [2.24, 2.45) is 0 Å². The Kier molecular flexibility index (Phi) is 3.94. The molecule has 0 aliphatic carbocycles. The second-order valence-electron chi connectivity index (χ2n) is 2.58. The van der Waals surface area contributed by atoms with E-state index in [2.05, 4.69) is 29.9 Å². The molecule has 1 heterocycles. The van der Waals surface area contributed by atoms with Gasteiger partial charge in [0.25, 0.3) is 0 Å². The molecule has 0 bridgehead atoms. The van der Waals surface area contributed by atoms with Crippen molar-refractivity contribution < 1.29 is 0 Å². The fourth-order valence-electron chi connectivity index (χ4n) is 0.967. The molecular weight excluding hydrogens is 174 g/mol. The first-order valence-corrected chi connectivity index (χ1v) is 5.29. The fraction of sp³-hybridized carbons (Fsp3) is 0.625. The van der Waals surface area contributed by atoms with Crippen LogP contribution in [-0.2, 0) is 6.42 Å². The fourth-order valence-corrected chi connectivity index (χ4v) is 1.84. The van der Waals surface area contributed by atoms with Crippen LogP contribution in [0, 0.1) is 0 Å². The van der Waals surface area contributed by atoms with Gasteiger partial charge in [0.15, 0.2) is 0 Å². The Hall–Kier alpha value is -0.0200. The van der Waals surface area contributed by atoms with Crippen molar-refractivity contribution in [1.29, 1.82) is 0 Å². The van der Waals surface area contributed by atoms with Gasteiger partial charge in [-0.2, -0.15) is 0 Å². The van der Waals surface area contributed by atoms with Crippen LogP contribution in [0.15, 0.2) is 9.72 Å². The molecule has 0 spiro atoms. The molecule has 0 saturated carbocycles. The highest BCUT2D eigenvalue weighted by molar-refractivity contribution is 7.82. The van der Waals surface area contributed by atoms with E-state index in [-0.39, 0.29) is 0 Å². The Labute approximate surface area is 77.3 Å². The van der Waals surface area contributed by atoms with Crippen LogP contribution in [0.25, 0.3) is 0 Å². The topological polar surface area (TPSA) is 12.9 Å². The Morgan fingerprint density at radius 2 is 2.36 bits per heavy atom. The third-order valence-electron chi connectivity index (χ3n) is 1.58. The minimum Gasteiger partial charge on any atom is -0.235 e. The monoisotopic (exact) mass is 187 g/mol. The van der Waals surface area contributed by atoms with Crippen molar-refractivity contribution in [2.45, 2.75) is 36.9 Å². The van der Waals surface area contributed by atoms with Gasteiger partial charge in [-0.05, 0) is 12.8 Å². The van der Waals surface area contributed by atoms with Gasteiger partial charge in [0, 0.05) is 5.38 Å². The molecule has 0 atom stereocenters. The van der Waals surface area contributed by atoms with E-state index in [1.54, 1.807) is 11.3 Å². The Bertz CT molecular complexity index is 208. The maximum absolute atomic E-state index is 4.27. The third-order valence-corrected chi connectivity index (χ3v) is 2.68. The average molecular weight is 187 g/mol. The molecule has 0 aliphatic rings. The molecule has 0 amide bonds. The molecule has 0 unspecified atom stereocenters. The smallest absolute Gasteiger partial charge is 0.147 e. The van der Waals surface area contributed by atoms with Crippen molar-refractivity contribution in [3.63, 3.8) is 0 Å². The van der Waals surface area contributed by atoms with E-state index in [1.165, 1.54) is 25.0 Å². The van der Waals surface area contributed by atoms with Gasteiger partial charge < -0.3 is 0 Å². The first-order chi connectivity index (χ1) is 5.33. The number of aromatic nitrogens is 1. The largest absolute Gasteiger partial charge is 0.235 e. The van der Waals surface area contributed by atoms with Crippen LogP contribution in [0.1, 0.15) is 31.9 Å². The first-order valence-electron chi connectivity index (χ1n) is 3.96. The lowest BCUT2D eigenvalue weighted by Crippen LogP contribution is -1.84. The van der Waals surface area contributed by atoms with Gasteiger partial charge in [0.2, 0.25) is 0 Å². The number of nitrogens with zero attached hydrogens (tertiary/aromatic N) is 1. The standard InChI is InChI=1S/C8H13NS2/c1-2-3-4-5-7-6-11-8(10)9-7/h6H,2-5H2,1H3,(H,9,10). The number of hydrogen-bond acceptors (Lipinski definition) is 3. The van der Waals surface area contributed by atoms with Crippen LogP contribution in [0.2, 0.25) is 0 Å². The summed E-state index contributed by atoms with van der Waals surface area (Å²) in [4.78, 5) is 4.27. The highest BCUT2D eigenvalue weighted by atomic mass is 32.2. The summed E-state index contributed by atoms with van der Waals surface area (Å²) in [7, 11) is 0. The van der Waals surface area contributed by atoms with Gasteiger partial charge in [-0.25, -0.2) is 4.98 Å². The zero-order valence-corrected chi connectivity index (χ0v) is 8.42. The number of unbranched alkanes of at least 4 members (excludes halogenated alkanes) is 2. The van der Waals surface area contributed by atoms with Gasteiger partial charge in [-0.3, -0.25) is 0 Å².